The Morgan fingerprint density at radius 1 is 1.00 bits per heavy atom. The van der Waals surface area contributed by atoms with E-state index in [1.807, 2.05) is 11.8 Å². The lowest BCUT2D eigenvalue weighted by atomic mass is 9.75. The topological polar surface area (TPSA) is 24.4 Å². The van der Waals surface area contributed by atoms with Crippen LogP contribution in [0.25, 0.3) is 0 Å². The highest BCUT2D eigenvalue weighted by Crippen LogP contribution is 2.42. The molecule has 1 heterocycles. The Morgan fingerprint density at radius 3 is 2.44 bits per heavy atom. The molecule has 0 fully saturated rings. The van der Waals surface area contributed by atoms with Gasteiger partial charge in [-0.3, -0.25) is 4.99 Å². The zero-order valence-corrected chi connectivity index (χ0v) is 16.5. The summed E-state index contributed by atoms with van der Waals surface area (Å²) in [4.78, 5) is 5.23. The maximum absolute atomic E-state index is 5.23. The van der Waals surface area contributed by atoms with E-state index >= 15 is 0 Å². The number of allylic oxidation sites excluding steroid dienone is 3. The molecular weight excluding hydrogens is 348 g/mol. The smallest absolute Gasteiger partial charge is 0.108 e. The minimum atomic E-state index is -0.161. The predicted molar refractivity (Wildman–Crippen MR) is 117 cm³/mol. The molecule has 0 spiro atoms. The van der Waals surface area contributed by atoms with Gasteiger partial charge in [0, 0.05) is 11.7 Å². The van der Waals surface area contributed by atoms with Gasteiger partial charge in [0.25, 0.3) is 0 Å². The third-order valence-electron chi connectivity index (χ3n) is 5.49. The molecular formula is C24H26N2S. The Kier molecular flexibility index (Phi) is 5.49. The number of aliphatic imine (C=N–C) groups is 1. The molecule has 0 bridgehead atoms. The molecule has 0 radical (unpaired) electrons. The van der Waals surface area contributed by atoms with Gasteiger partial charge < -0.3 is 5.32 Å². The molecule has 1 N–H and O–H groups in total. The zero-order valence-electron chi connectivity index (χ0n) is 15.7. The summed E-state index contributed by atoms with van der Waals surface area (Å²) in [5.41, 5.74) is 2.52. The summed E-state index contributed by atoms with van der Waals surface area (Å²) >= 11 is 1.92. The van der Waals surface area contributed by atoms with Crippen molar-refractivity contribution in [3.05, 3.63) is 96.1 Å². The van der Waals surface area contributed by atoms with Gasteiger partial charge in [0.2, 0.25) is 0 Å². The number of nitrogens with zero attached hydrogens (tertiary/aromatic N) is 1. The molecule has 0 aromatic heterocycles. The summed E-state index contributed by atoms with van der Waals surface area (Å²) in [5, 5.41) is 3.75. The first-order valence-electron chi connectivity index (χ1n) is 9.61. The van der Waals surface area contributed by atoms with Crippen LogP contribution in [0.4, 0.5) is 0 Å². The molecule has 1 unspecified atom stereocenters. The lowest BCUT2D eigenvalue weighted by Gasteiger charge is -2.35. The largest absolute Gasteiger partial charge is 0.364 e. The van der Waals surface area contributed by atoms with Gasteiger partial charge in [0.1, 0.15) is 5.84 Å². The van der Waals surface area contributed by atoms with Crippen molar-refractivity contribution in [2.45, 2.75) is 30.7 Å². The molecule has 0 saturated heterocycles. The molecule has 0 amide bonds. The molecule has 27 heavy (non-hydrogen) atoms. The van der Waals surface area contributed by atoms with E-state index in [9.17, 15) is 0 Å². The van der Waals surface area contributed by atoms with Gasteiger partial charge in [-0.25, -0.2) is 0 Å². The summed E-state index contributed by atoms with van der Waals surface area (Å²) in [7, 11) is 0. The van der Waals surface area contributed by atoms with Crippen LogP contribution in [0.2, 0.25) is 0 Å². The highest BCUT2D eigenvalue weighted by atomic mass is 32.2. The number of nitrogens with one attached hydrogen (secondary N) is 1. The van der Waals surface area contributed by atoms with Crippen LogP contribution in [0.1, 0.15) is 30.5 Å². The van der Waals surface area contributed by atoms with Crippen LogP contribution >= 0.6 is 11.8 Å². The minimum absolute atomic E-state index is 0.161. The van der Waals surface area contributed by atoms with Crippen molar-refractivity contribution in [3.8, 4) is 0 Å². The van der Waals surface area contributed by atoms with Crippen LogP contribution in [0.15, 0.2) is 90.0 Å². The highest BCUT2D eigenvalue weighted by molar-refractivity contribution is 7.99. The van der Waals surface area contributed by atoms with Crippen molar-refractivity contribution >= 4 is 17.6 Å². The number of hydrogen-bond acceptors (Lipinski definition) is 3. The first-order valence-corrected chi connectivity index (χ1v) is 10.8. The van der Waals surface area contributed by atoms with Crippen molar-refractivity contribution in [3.63, 3.8) is 0 Å². The first kappa shape index (κ1) is 18.1. The van der Waals surface area contributed by atoms with Gasteiger partial charge in [-0.2, -0.15) is 0 Å². The molecule has 2 nitrogen and oxygen atoms in total. The van der Waals surface area contributed by atoms with Crippen LogP contribution < -0.4 is 5.32 Å². The van der Waals surface area contributed by atoms with E-state index in [0.29, 0.717) is 5.92 Å². The van der Waals surface area contributed by atoms with Gasteiger partial charge in [0.15, 0.2) is 0 Å². The van der Waals surface area contributed by atoms with Crippen LogP contribution in [-0.4, -0.2) is 17.1 Å². The molecule has 3 heteroatoms. The van der Waals surface area contributed by atoms with Crippen molar-refractivity contribution < 1.29 is 0 Å². The second-order valence-electron chi connectivity index (χ2n) is 7.41. The second-order valence-corrected chi connectivity index (χ2v) is 8.39. The van der Waals surface area contributed by atoms with E-state index in [1.54, 1.807) is 0 Å². The Morgan fingerprint density at radius 2 is 1.74 bits per heavy atom. The van der Waals surface area contributed by atoms with Gasteiger partial charge in [-0.1, -0.05) is 85.0 Å². The van der Waals surface area contributed by atoms with Gasteiger partial charge in [0.05, 0.1) is 17.3 Å². The Balaban J connectivity index is 1.51. The average molecular weight is 375 g/mol. The third kappa shape index (κ3) is 4.03. The Labute approximate surface area is 166 Å². The molecule has 2 aliphatic rings. The van der Waals surface area contributed by atoms with Crippen LogP contribution in [0.3, 0.4) is 0 Å². The van der Waals surface area contributed by atoms with Crippen molar-refractivity contribution in [1.82, 2.24) is 5.32 Å². The van der Waals surface area contributed by atoms with E-state index in [-0.39, 0.29) is 11.6 Å². The number of benzene rings is 2. The van der Waals surface area contributed by atoms with E-state index in [1.165, 1.54) is 11.1 Å². The standard InChI is InChI=1S/C24H26N2S/c1-24(21-15-9-4-10-16-21)23(20-13-7-3-8-14-20)25-22(26-24)18-27-17-19-11-5-2-6-12-19/h2-15,21,23H,16-18H2,1H3,(H,25,26)/t21?,23-,24+/m1/s1. The van der Waals surface area contributed by atoms with Crippen LogP contribution in [0, 0.1) is 5.92 Å². The number of hydrogen-bond donors (Lipinski definition) is 1. The van der Waals surface area contributed by atoms with E-state index in [0.717, 1.165) is 23.8 Å². The number of amidine groups is 1. The van der Waals surface area contributed by atoms with Gasteiger partial charge in [-0.15, -0.1) is 11.8 Å². The minimum Gasteiger partial charge on any atom is -0.364 e. The number of rotatable bonds is 6. The third-order valence-corrected chi connectivity index (χ3v) is 6.50. The average Bonchev–Trinajstić information content (AvgIpc) is 3.08. The molecule has 0 saturated carbocycles. The highest BCUT2D eigenvalue weighted by Gasteiger charge is 2.45. The lowest BCUT2D eigenvalue weighted by molar-refractivity contribution is 0.299. The van der Waals surface area contributed by atoms with E-state index < -0.39 is 0 Å². The van der Waals surface area contributed by atoms with E-state index in [2.05, 4.69) is 97.2 Å². The molecule has 4 rings (SSSR count). The fourth-order valence-electron chi connectivity index (χ4n) is 3.99. The van der Waals surface area contributed by atoms with Crippen LogP contribution in [0.5, 0.6) is 0 Å². The second kappa shape index (κ2) is 8.18. The van der Waals surface area contributed by atoms with Gasteiger partial charge in [-0.05, 0) is 24.5 Å². The zero-order chi connectivity index (χ0) is 18.5. The summed E-state index contributed by atoms with van der Waals surface area (Å²) in [5.74, 6) is 3.47. The normalized spacial score (nSPS) is 26.6. The maximum atomic E-state index is 5.23. The Hall–Kier alpha value is -2.26. The monoisotopic (exact) mass is 374 g/mol. The van der Waals surface area contributed by atoms with E-state index in [4.69, 9.17) is 4.99 Å². The molecule has 1 aliphatic carbocycles. The summed E-state index contributed by atoms with van der Waals surface area (Å²) in [6, 6.07) is 21.6. The lowest BCUT2D eigenvalue weighted by Crippen LogP contribution is -2.40. The molecule has 3 atom stereocenters. The maximum Gasteiger partial charge on any atom is 0.108 e. The SMILES string of the molecule is C[C@@]1(C2C=CC=CC2)N=C(CSCc2ccccc2)N[C@@H]1c1ccccc1. The summed E-state index contributed by atoms with van der Waals surface area (Å²) < 4.78 is 0. The molecule has 138 valence electrons. The Bertz CT molecular complexity index is 841. The van der Waals surface area contributed by atoms with Gasteiger partial charge >= 0.3 is 0 Å². The van der Waals surface area contributed by atoms with Crippen molar-refractivity contribution in [2.75, 3.05) is 5.75 Å². The predicted octanol–water partition coefficient (Wildman–Crippen LogP) is 5.55. The van der Waals surface area contributed by atoms with Crippen LogP contribution in [-0.2, 0) is 5.75 Å². The molecule has 1 aliphatic heterocycles. The number of thioether (sulfide) groups is 1. The summed E-state index contributed by atoms with van der Waals surface area (Å²) in [6.07, 6.45) is 9.93. The fourth-order valence-corrected chi connectivity index (χ4v) is 4.86. The fraction of sp³-hybridized carbons (Fsp3) is 0.292. The molecule has 2 aromatic rings. The summed E-state index contributed by atoms with van der Waals surface area (Å²) in [6.45, 7) is 2.31. The quantitative estimate of drug-likeness (QED) is 0.716. The molecule has 2 aromatic carbocycles. The van der Waals surface area contributed by atoms with Crippen molar-refractivity contribution in [1.29, 1.82) is 0 Å². The first-order chi connectivity index (χ1) is 13.3. The van der Waals surface area contributed by atoms with Crippen molar-refractivity contribution in [2.24, 2.45) is 10.9 Å².